The van der Waals surface area contributed by atoms with Crippen LogP contribution >= 0.6 is 11.6 Å². The number of H-pyrrole nitrogens is 1. The van der Waals surface area contributed by atoms with Crippen molar-refractivity contribution in [3.05, 3.63) is 32.1 Å². The molecule has 0 bridgehead atoms. The van der Waals surface area contributed by atoms with E-state index in [9.17, 15) is 14.4 Å². The van der Waals surface area contributed by atoms with Crippen LogP contribution in [0.1, 0.15) is 13.8 Å². The van der Waals surface area contributed by atoms with Crippen molar-refractivity contribution in [1.82, 2.24) is 14.9 Å². The van der Waals surface area contributed by atoms with Gasteiger partial charge in [-0.15, -0.1) is 0 Å². The molecular formula is C9H12ClN3O3. The SMILES string of the molecule is CC(C)NC(=O)Cn1cc(Cl)c(=O)[nH]c1=O. The minimum absolute atomic E-state index is 0.0126. The highest BCUT2D eigenvalue weighted by Gasteiger charge is 2.07. The van der Waals surface area contributed by atoms with E-state index >= 15 is 0 Å². The molecule has 0 radical (unpaired) electrons. The van der Waals surface area contributed by atoms with Gasteiger partial charge in [-0.25, -0.2) is 4.79 Å². The largest absolute Gasteiger partial charge is 0.352 e. The van der Waals surface area contributed by atoms with Gasteiger partial charge in [0.15, 0.2) is 0 Å². The molecule has 0 aliphatic heterocycles. The number of hydrogen-bond acceptors (Lipinski definition) is 3. The Hall–Kier alpha value is -1.56. The number of rotatable bonds is 3. The zero-order valence-corrected chi connectivity index (χ0v) is 9.67. The van der Waals surface area contributed by atoms with E-state index in [1.807, 2.05) is 4.98 Å². The minimum atomic E-state index is -0.660. The maximum Gasteiger partial charge on any atom is 0.328 e. The summed E-state index contributed by atoms with van der Waals surface area (Å²) >= 11 is 5.54. The maximum absolute atomic E-state index is 11.4. The minimum Gasteiger partial charge on any atom is -0.352 e. The first-order chi connectivity index (χ1) is 7.40. The van der Waals surface area contributed by atoms with E-state index in [4.69, 9.17) is 11.6 Å². The standard InChI is InChI=1S/C9H12ClN3O3/c1-5(2)11-7(14)4-13-3-6(10)8(15)12-9(13)16/h3,5H,4H2,1-2H3,(H,11,14)(H,12,15,16). The average Bonchev–Trinajstić information content (AvgIpc) is 2.12. The third kappa shape index (κ3) is 3.23. The first-order valence-electron chi connectivity index (χ1n) is 4.68. The molecule has 0 unspecified atom stereocenters. The van der Waals surface area contributed by atoms with E-state index in [-0.39, 0.29) is 23.5 Å². The van der Waals surface area contributed by atoms with Gasteiger partial charge in [-0.2, -0.15) is 0 Å². The van der Waals surface area contributed by atoms with Crippen molar-refractivity contribution < 1.29 is 4.79 Å². The zero-order chi connectivity index (χ0) is 12.3. The summed E-state index contributed by atoms with van der Waals surface area (Å²) in [6, 6.07) is -0.0126. The van der Waals surface area contributed by atoms with Crippen LogP contribution in [0.15, 0.2) is 15.8 Å². The second kappa shape index (κ2) is 4.98. The molecule has 0 saturated heterocycles. The normalized spacial score (nSPS) is 10.5. The molecule has 0 saturated carbocycles. The summed E-state index contributed by atoms with van der Waals surface area (Å²) < 4.78 is 1.04. The van der Waals surface area contributed by atoms with E-state index in [0.717, 1.165) is 10.8 Å². The molecule has 1 aromatic rings. The number of hydrogen-bond donors (Lipinski definition) is 2. The molecule has 88 valence electrons. The number of nitrogens with zero attached hydrogens (tertiary/aromatic N) is 1. The van der Waals surface area contributed by atoms with Crippen LogP contribution in [-0.2, 0) is 11.3 Å². The molecule has 1 amide bonds. The monoisotopic (exact) mass is 245 g/mol. The number of aromatic amines is 1. The number of carbonyl (C=O) groups excluding carboxylic acids is 1. The third-order valence-corrected chi connectivity index (χ3v) is 2.00. The number of nitrogens with one attached hydrogen (secondary N) is 2. The maximum atomic E-state index is 11.4. The summed E-state index contributed by atoms with van der Waals surface area (Å²) in [6.07, 6.45) is 1.14. The molecule has 16 heavy (non-hydrogen) atoms. The molecule has 0 aromatic carbocycles. The molecule has 6 nitrogen and oxygen atoms in total. The van der Waals surface area contributed by atoms with Crippen LogP contribution in [-0.4, -0.2) is 21.5 Å². The fourth-order valence-corrected chi connectivity index (χ4v) is 1.29. The van der Waals surface area contributed by atoms with Gasteiger partial charge in [0.1, 0.15) is 11.6 Å². The van der Waals surface area contributed by atoms with Gasteiger partial charge in [0.05, 0.1) is 0 Å². The van der Waals surface area contributed by atoms with Gasteiger partial charge in [0.2, 0.25) is 5.91 Å². The Kier molecular flexibility index (Phi) is 3.89. The highest BCUT2D eigenvalue weighted by atomic mass is 35.5. The molecule has 0 fully saturated rings. The number of halogens is 1. The van der Waals surface area contributed by atoms with Gasteiger partial charge < -0.3 is 5.32 Å². The lowest BCUT2D eigenvalue weighted by molar-refractivity contribution is -0.122. The summed E-state index contributed by atoms with van der Waals surface area (Å²) in [6.45, 7) is 3.44. The molecule has 0 atom stereocenters. The quantitative estimate of drug-likeness (QED) is 0.768. The zero-order valence-electron chi connectivity index (χ0n) is 8.91. The molecule has 1 heterocycles. The molecule has 0 aliphatic rings. The number of carbonyl (C=O) groups is 1. The Labute approximate surface area is 96.2 Å². The summed E-state index contributed by atoms with van der Waals surface area (Å²) in [5.74, 6) is -0.319. The lowest BCUT2D eigenvalue weighted by atomic mass is 10.4. The topological polar surface area (TPSA) is 84.0 Å². The molecular weight excluding hydrogens is 234 g/mol. The van der Waals surface area contributed by atoms with Crippen molar-refractivity contribution in [2.24, 2.45) is 0 Å². The first kappa shape index (κ1) is 12.5. The summed E-state index contributed by atoms with van der Waals surface area (Å²) in [7, 11) is 0. The Bertz CT molecular complexity index is 503. The van der Waals surface area contributed by atoms with Gasteiger partial charge in [-0.3, -0.25) is 19.1 Å². The van der Waals surface area contributed by atoms with Crippen molar-refractivity contribution in [3.63, 3.8) is 0 Å². The van der Waals surface area contributed by atoms with E-state index < -0.39 is 11.2 Å². The second-order valence-corrected chi connectivity index (χ2v) is 3.99. The second-order valence-electron chi connectivity index (χ2n) is 3.59. The molecule has 0 spiro atoms. The number of amides is 1. The Morgan fingerprint density at radius 3 is 2.75 bits per heavy atom. The fourth-order valence-electron chi connectivity index (χ4n) is 1.12. The van der Waals surface area contributed by atoms with Crippen LogP contribution < -0.4 is 16.6 Å². The van der Waals surface area contributed by atoms with E-state index in [0.29, 0.717) is 0 Å². The first-order valence-corrected chi connectivity index (χ1v) is 5.06. The van der Waals surface area contributed by atoms with Crippen molar-refractivity contribution in [1.29, 1.82) is 0 Å². The number of aromatic nitrogens is 2. The smallest absolute Gasteiger partial charge is 0.328 e. The lowest BCUT2D eigenvalue weighted by Gasteiger charge is -2.09. The Morgan fingerprint density at radius 1 is 1.56 bits per heavy atom. The lowest BCUT2D eigenvalue weighted by Crippen LogP contribution is -2.38. The third-order valence-electron chi connectivity index (χ3n) is 1.73. The van der Waals surface area contributed by atoms with Crippen molar-refractivity contribution in [2.45, 2.75) is 26.4 Å². The summed E-state index contributed by atoms with van der Waals surface area (Å²) in [5.41, 5.74) is -1.32. The van der Waals surface area contributed by atoms with E-state index in [1.54, 1.807) is 13.8 Å². The Morgan fingerprint density at radius 2 is 2.19 bits per heavy atom. The molecule has 1 rings (SSSR count). The van der Waals surface area contributed by atoms with Crippen LogP contribution in [0, 0.1) is 0 Å². The Balaban J connectivity index is 2.90. The summed E-state index contributed by atoms with van der Waals surface area (Å²) in [4.78, 5) is 35.6. The highest BCUT2D eigenvalue weighted by Crippen LogP contribution is 1.95. The fraction of sp³-hybridized carbons (Fsp3) is 0.444. The van der Waals surface area contributed by atoms with Crippen molar-refractivity contribution in [3.8, 4) is 0 Å². The van der Waals surface area contributed by atoms with Gasteiger partial charge in [0.25, 0.3) is 5.56 Å². The van der Waals surface area contributed by atoms with Gasteiger partial charge in [-0.05, 0) is 13.8 Å². The van der Waals surface area contributed by atoms with Crippen molar-refractivity contribution >= 4 is 17.5 Å². The highest BCUT2D eigenvalue weighted by molar-refractivity contribution is 6.30. The summed E-state index contributed by atoms with van der Waals surface area (Å²) in [5, 5.41) is 2.49. The van der Waals surface area contributed by atoms with Crippen molar-refractivity contribution in [2.75, 3.05) is 0 Å². The van der Waals surface area contributed by atoms with Crippen LogP contribution in [0.5, 0.6) is 0 Å². The van der Waals surface area contributed by atoms with Crippen LogP contribution in [0.25, 0.3) is 0 Å². The molecule has 2 N–H and O–H groups in total. The van der Waals surface area contributed by atoms with Crippen LogP contribution in [0.2, 0.25) is 5.02 Å². The van der Waals surface area contributed by atoms with E-state index in [1.165, 1.54) is 0 Å². The van der Waals surface area contributed by atoms with Gasteiger partial charge in [-0.1, -0.05) is 11.6 Å². The van der Waals surface area contributed by atoms with Gasteiger partial charge in [0, 0.05) is 12.2 Å². The van der Waals surface area contributed by atoms with Crippen LogP contribution in [0.4, 0.5) is 0 Å². The van der Waals surface area contributed by atoms with E-state index in [2.05, 4.69) is 5.32 Å². The predicted molar refractivity (Wildman–Crippen MR) is 59.6 cm³/mol. The molecule has 1 aromatic heterocycles. The van der Waals surface area contributed by atoms with Crippen LogP contribution in [0.3, 0.4) is 0 Å². The molecule has 0 aliphatic carbocycles. The predicted octanol–water partition coefficient (Wildman–Crippen LogP) is -0.285. The average molecular weight is 246 g/mol. The van der Waals surface area contributed by atoms with Gasteiger partial charge >= 0.3 is 5.69 Å². The molecule has 7 heteroatoms.